The molecule has 0 aromatic heterocycles. The molecule has 19 heavy (non-hydrogen) atoms. The van der Waals surface area contributed by atoms with Gasteiger partial charge in [0.1, 0.15) is 0 Å². The van der Waals surface area contributed by atoms with Gasteiger partial charge in [-0.25, -0.2) is 0 Å². The Hall–Kier alpha value is -0.570. The number of carbonyl (C=O) groups excluding carboxylic acids is 1. The molecule has 1 aliphatic heterocycles. The van der Waals surface area contributed by atoms with Gasteiger partial charge in [-0.2, -0.15) is 0 Å². The summed E-state index contributed by atoms with van der Waals surface area (Å²) in [5, 5.41) is 3.42. The van der Waals surface area contributed by atoms with E-state index in [0.717, 1.165) is 19.0 Å². The van der Waals surface area contributed by atoms with Crippen LogP contribution in [-0.2, 0) is 4.79 Å². The van der Waals surface area contributed by atoms with E-state index in [1.54, 1.807) is 0 Å². The molecule has 2 fully saturated rings. The summed E-state index contributed by atoms with van der Waals surface area (Å²) in [6.45, 7) is 8.24. The minimum absolute atomic E-state index is 0.107. The van der Waals surface area contributed by atoms with E-state index in [1.165, 1.54) is 38.5 Å². The number of rotatable bonds is 3. The first kappa shape index (κ1) is 14.8. The molecule has 1 amide bonds. The molecule has 1 heterocycles. The predicted molar refractivity (Wildman–Crippen MR) is 79.1 cm³/mol. The van der Waals surface area contributed by atoms with E-state index in [1.807, 2.05) is 0 Å². The third-order valence-electron chi connectivity index (χ3n) is 4.56. The van der Waals surface area contributed by atoms with E-state index in [0.29, 0.717) is 18.4 Å². The zero-order valence-corrected chi connectivity index (χ0v) is 12.9. The number of nitrogens with one attached hydrogen (secondary N) is 1. The maximum absolute atomic E-state index is 12.4. The van der Waals surface area contributed by atoms with Crippen LogP contribution in [0.3, 0.4) is 0 Å². The van der Waals surface area contributed by atoms with Crippen LogP contribution >= 0.6 is 0 Å². The van der Waals surface area contributed by atoms with Crippen molar-refractivity contribution in [3.8, 4) is 0 Å². The fourth-order valence-corrected chi connectivity index (χ4v) is 3.62. The van der Waals surface area contributed by atoms with Crippen LogP contribution in [-0.4, -0.2) is 35.5 Å². The molecule has 1 saturated heterocycles. The first-order chi connectivity index (χ1) is 8.97. The van der Waals surface area contributed by atoms with Gasteiger partial charge in [0, 0.05) is 31.1 Å². The van der Waals surface area contributed by atoms with Crippen molar-refractivity contribution in [3.63, 3.8) is 0 Å². The van der Waals surface area contributed by atoms with Gasteiger partial charge < -0.3 is 10.2 Å². The van der Waals surface area contributed by atoms with Crippen molar-refractivity contribution in [2.75, 3.05) is 13.1 Å². The van der Waals surface area contributed by atoms with Gasteiger partial charge in [-0.05, 0) is 52.4 Å². The highest BCUT2D eigenvalue weighted by atomic mass is 16.2. The summed E-state index contributed by atoms with van der Waals surface area (Å²) >= 11 is 0. The summed E-state index contributed by atoms with van der Waals surface area (Å²) in [5.74, 6) is 1.16. The van der Waals surface area contributed by atoms with Gasteiger partial charge in [0.05, 0.1) is 0 Å². The van der Waals surface area contributed by atoms with Crippen molar-refractivity contribution in [3.05, 3.63) is 0 Å². The van der Waals surface area contributed by atoms with Gasteiger partial charge in [-0.3, -0.25) is 4.79 Å². The van der Waals surface area contributed by atoms with E-state index >= 15 is 0 Å². The zero-order chi connectivity index (χ0) is 13.9. The van der Waals surface area contributed by atoms with Crippen LogP contribution in [0.2, 0.25) is 0 Å². The molecule has 110 valence electrons. The lowest BCUT2D eigenvalue weighted by Gasteiger charge is -2.44. The molecule has 0 radical (unpaired) electrons. The van der Waals surface area contributed by atoms with Crippen LogP contribution in [0, 0.1) is 5.92 Å². The van der Waals surface area contributed by atoms with Crippen LogP contribution < -0.4 is 5.32 Å². The van der Waals surface area contributed by atoms with Crippen molar-refractivity contribution < 1.29 is 4.79 Å². The molecule has 0 spiro atoms. The average Bonchev–Trinajstić information content (AvgIpc) is 2.36. The van der Waals surface area contributed by atoms with Crippen molar-refractivity contribution in [2.45, 2.75) is 77.3 Å². The first-order valence-electron chi connectivity index (χ1n) is 8.02. The van der Waals surface area contributed by atoms with Crippen molar-refractivity contribution in [1.82, 2.24) is 10.2 Å². The Balaban J connectivity index is 1.83. The van der Waals surface area contributed by atoms with Gasteiger partial charge in [0.15, 0.2) is 0 Å². The number of hydrogen-bond acceptors (Lipinski definition) is 2. The molecule has 2 aliphatic rings. The Morgan fingerprint density at radius 2 is 1.84 bits per heavy atom. The molecule has 3 nitrogen and oxygen atoms in total. The maximum atomic E-state index is 12.4. The van der Waals surface area contributed by atoms with Crippen molar-refractivity contribution in [1.29, 1.82) is 0 Å². The lowest BCUT2D eigenvalue weighted by Crippen LogP contribution is -2.50. The Bertz CT molecular complexity index is 306. The van der Waals surface area contributed by atoms with Gasteiger partial charge in [0.2, 0.25) is 5.91 Å². The summed E-state index contributed by atoms with van der Waals surface area (Å²) in [7, 11) is 0. The van der Waals surface area contributed by atoms with Crippen LogP contribution in [0.5, 0.6) is 0 Å². The Kier molecular flexibility index (Phi) is 4.88. The largest absolute Gasteiger partial charge is 0.339 e. The highest BCUT2D eigenvalue weighted by molar-refractivity contribution is 5.76. The summed E-state index contributed by atoms with van der Waals surface area (Å²) in [4.78, 5) is 14.6. The smallest absolute Gasteiger partial charge is 0.224 e. The quantitative estimate of drug-likeness (QED) is 0.852. The molecular weight excluding hydrogens is 236 g/mol. The number of piperidine rings is 1. The SMILES string of the molecule is CC(C)(C)NCCC(=O)N1CCCC2CCCCC21. The molecule has 1 aliphatic carbocycles. The van der Waals surface area contributed by atoms with Gasteiger partial charge >= 0.3 is 0 Å². The number of nitrogens with zero attached hydrogens (tertiary/aromatic N) is 1. The van der Waals surface area contributed by atoms with E-state index in [2.05, 4.69) is 31.0 Å². The second-order valence-electron chi connectivity index (χ2n) is 7.27. The summed E-state index contributed by atoms with van der Waals surface area (Å²) in [6.07, 6.45) is 8.46. The van der Waals surface area contributed by atoms with Gasteiger partial charge in [0.25, 0.3) is 0 Å². The standard InChI is InChI=1S/C16H30N2O/c1-16(2,3)17-11-10-15(19)18-12-6-8-13-7-4-5-9-14(13)18/h13-14,17H,4-12H2,1-3H3. The Morgan fingerprint density at radius 3 is 2.58 bits per heavy atom. The Morgan fingerprint density at radius 1 is 1.16 bits per heavy atom. The van der Waals surface area contributed by atoms with E-state index in [-0.39, 0.29) is 5.54 Å². The fourth-order valence-electron chi connectivity index (χ4n) is 3.62. The summed E-state index contributed by atoms with van der Waals surface area (Å²) in [6, 6.07) is 0.560. The fraction of sp³-hybridized carbons (Fsp3) is 0.938. The lowest BCUT2D eigenvalue weighted by molar-refractivity contribution is -0.137. The topological polar surface area (TPSA) is 32.3 Å². The molecular formula is C16H30N2O. The highest BCUT2D eigenvalue weighted by Crippen LogP contribution is 2.35. The van der Waals surface area contributed by atoms with Gasteiger partial charge in [-0.1, -0.05) is 12.8 Å². The van der Waals surface area contributed by atoms with Crippen LogP contribution in [0.1, 0.15) is 65.7 Å². The second kappa shape index (κ2) is 6.25. The number of hydrogen-bond donors (Lipinski definition) is 1. The summed E-state index contributed by atoms with van der Waals surface area (Å²) < 4.78 is 0. The predicted octanol–water partition coefficient (Wildman–Crippen LogP) is 2.95. The lowest BCUT2D eigenvalue weighted by atomic mass is 9.78. The molecule has 1 N–H and O–H groups in total. The third-order valence-corrected chi connectivity index (χ3v) is 4.56. The van der Waals surface area contributed by atoms with Crippen LogP contribution in [0.4, 0.5) is 0 Å². The number of amides is 1. The molecule has 0 aromatic carbocycles. The van der Waals surface area contributed by atoms with Crippen LogP contribution in [0.15, 0.2) is 0 Å². The normalized spacial score (nSPS) is 28.1. The monoisotopic (exact) mass is 266 g/mol. The third kappa shape index (κ3) is 4.20. The van der Waals surface area contributed by atoms with Crippen molar-refractivity contribution in [2.24, 2.45) is 5.92 Å². The van der Waals surface area contributed by atoms with Gasteiger partial charge in [-0.15, -0.1) is 0 Å². The molecule has 2 rings (SSSR count). The molecule has 0 bridgehead atoms. The second-order valence-corrected chi connectivity index (χ2v) is 7.27. The van der Waals surface area contributed by atoms with E-state index in [9.17, 15) is 4.79 Å². The average molecular weight is 266 g/mol. The first-order valence-corrected chi connectivity index (χ1v) is 8.02. The molecule has 1 saturated carbocycles. The maximum Gasteiger partial charge on any atom is 0.224 e. The minimum Gasteiger partial charge on any atom is -0.339 e. The van der Waals surface area contributed by atoms with E-state index in [4.69, 9.17) is 0 Å². The molecule has 3 heteroatoms. The van der Waals surface area contributed by atoms with Crippen LogP contribution in [0.25, 0.3) is 0 Å². The number of likely N-dealkylation sites (tertiary alicyclic amines) is 1. The highest BCUT2D eigenvalue weighted by Gasteiger charge is 2.35. The van der Waals surface area contributed by atoms with E-state index < -0.39 is 0 Å². The number of fused-ring (bicyclic) bond motifs is 1. The molecule has 2 unspecified atom stereocenters. The Labute approximate surface area is 118 Å². The molecule has 2 atom stereocenters. The molecule has 0 aromatic rings. The zero-order valence-electron chi connectivity index (χ0n) is 12.9. The number of carbonyl (C=O) groups is 1. The summed E-state index contributed by atoms with van der Waals surface area (Å²) in [5.41, 5.74) is 0.107. The minimum atomic E-state index is 0.107. The van der Waals surface area contributed by atoms with Crippen molar-refractivity contribution >= 4 is 5.91 Å².